The Morgan fingerprint density at radius 2 is 1.95 bits per heavy atom. The van der Waals surface area contributed by atoms with Crippen LogP contribution in [0, 0.1) is 5.41 Å². The molecule has 1 rings (SSSR count). The van der Waals surface area contributed by atoms with Crippen LogP contribution < -0.4 is 10.6 Å². The predicted octanol–water partition coefficient (Wildman–Crippen LogP) is 1.59. The molecule has 19 heavy (non-hydrogen) atoms. The monoisotopic (exact) mass is 284 g/mol. The van der Waals surface area contributed by atoms with Crippen LogP contribution in [0.2, 0.25) is 0 Å². The predicted molar refractivity (Wildman–Crippen MR) is 75.0 cm³/mol. The summed E-state index contributed by atoms with van der Waals surface area (Å²) in [6.45, 7) is 7.79. The Morgan fingerprint density at radius 1 is 1.26 bits per heavy atom. The average Bonchev–Trinajstić information content (AvgIpc) is 2.75. The molecule has 0 aliphatic carbocycles. The summed E-state index contributed by atoms with van der Waals surface area (Å²) >= 11 is 1.36. The van der Waals surface area contributed by atoms with Crippen molar-refractivity contribution >= 4 is 28.3 Å². The van der Waals surface area contributed by atoms with E-state index in [9.17, 15) is 9.59 Å². The van der Waals surface area contributed by atoms with Crippen LogP contribution in [0.5, 0.6) is 0 Å². The van der Waals surface area contributed by atoms with Gasteiger partial charge in [-0.2, -0.15) is 0 Å². The second-order valence-corrected chi connectivity index (χ2v) is 6.22. The van der Waals surface area contributed by atoms with Gasteiger partial charge in [0.15, 0.2) is 0 Å². The van der Waals surface area contributed by atoms with E-state index < -0.39 is 5.41 Å². The van der Waals surface area contributed by atoms with Crippen molar-refractivity contribution < 1.29 is 9.59 Å². The van der Waals surface area contributed by atoms with Gasteiger partial charge in [0.1, 0.15) is 5.01 Å². The third-order valence-corrected chi connectivity index (χ3v) is 3.32. The van der Waals surface area contributed by atoms with Crippen LogP contribution in [-0.4, -0.2) is 28.6 Å². The zero-order chi connectivity index (χ0) is 14.5. The first-order valence-electron chi connectivity index (χ1n) is 6.23. The lowest BCUT2D eigenvalue weighted by molar-refractivity contribution is -0.128. The van der Waals surface area contributed by atoms with Crippen molar-refractivity contribution in [2.75, 3.05) is 11.9 Å². The minimum Gasteiger partial charge on any atom is -0.355 e. The summed E-state index contributed by atoms with van der Waals surface area (Å²) in [5, 5.41) is 14.5. The summed E-state index contributed by atoms with van der Waals surface area (Å²) in [7, 11) is 0. The SMILES string of the molecule is CCc1nnc(NC(=O)CCNC(=O)C(C)(C)C)s1. The smallest absolute Gasteiger partial charge is 0.227 e. The van der Waals surface area contributed by atoms with Gasteiger partial charge in [-0.1, -0.05) is 39.0 Å². The van der Waals surface area contributed by atoms with Crippen LogP contribution >= 0.6 is 11.3 Å². The maximum atomic E-state index is 11.6. The fourth-order valence-corrected chi connectivity index (χ4v) is 1.88. The molecular formula is C12H20N4O2S. The fraction of sp³-hybridized carbons (Fsp3) is 0.667. The highest BCUT2D eigenvalue weighted by atomic mass is 32.1. The number of aromatic nitrogens is 2. The molecule has 0 aromatic carbocycles. The van der Waals surface area contributed by atoms with Gasteiger partial charge in [-0.05, 0) is 6.42 Å². The van der Waals surface area contributed by atoms with E-state index in [0.29, 0.717) is 11.7 Å². The summed E-state index contributed by atoms with van der Waals surface area (Å²) in [6.07, 6.45) is 1.03. The van der Waals surface area contributed by atoms with Crippen molar-refractivity contribution in [1.82, 2.24) is 15.5 Å². The molecule has 0 aliphatic rings. The van der Waals surface area contributed by atoms with Gasteiger partial charge in [-0.3, -0.25) is 9.59 Å². The van der Waals surface area contributed by atoms with E-state index in [1.54, 1.807) is 0 Å². The van der Waals surface area contributed by atoms with Crippen molar-refractivity contribution in [3.63, 3.8) is 0 Å². The molecule has 0 spiro atoms. The molecule has 1 aromatic rings. The van der Waals surface area contributed by atoms with E-state index in [4.69, 9.17) is 0 Å². The van der Waals surface area contributed by atoms with Gasteiger partial charge in [0.05, 0.1) is 0 Å². The Morgan fingerprint density at radius 3 is 2.47 bits per heavy atom. The quantitative estimate of drug-likeness (QED) is 0.860. The van der Waals surface area contributed by atoms with Crippen LogP contribution in [0.25, 0.3) is 0 Å². The van der Waals surface area contributed by atoms with Crippen LogP contribution in [-0.2, 0) is 16.0 Å². The third-order valence-electron chi connectivity index (χ3n) is 2.33. The van der Waals surface area contributed by atoms with Crippen molar-refractivity contribution in [1.29, 1.82) is 0 Å². The molecule has 0 atom stereocenters. The molecule has 106 valence electrons. The number of carbonyl (C=O) groups is 2. The highest BCUT2D eigenvalue weighted by Gasteiger charge is 2.20. The number of aryl methyl sites for hydroxylation is 1. The van der Waals surface area contributed by atoms with Crippen LogP contribution in [0.1, 0.15) is 39.1 Å². The van der Waals surface area contributed by atoms with Crippen molar-refractivity contribution in [2.45, 2.75) is 40.5 Å². The van der Waals surface area contributed by atoms with Crippen LogP contribution in [0.3, 0.4) is 0 Å². The Hall–Kier alpha value is -1.50. The first kappa shape index (κ1) is 15.6. The molecule has 0 saturated heterocycles. The topological polar surface area (TPSA) is 84.0 Å². The van der Waals surface area contributed by atoms with Crippen molar-refractivity contribution in [2.24, 2.45) is 5.41 Å². The lowest BCUT2D eigenvalue weighted by atomic mass is 9.96. The molecule has 0 aliphatic heterocycles. The third kappa shape index (κ3) is 5.34. The molecule has 2 N–H and O–H groups in total. The Balaban J connectivity index is 2.30. The lowest BCUT2D eigenvalue weighted by Crippen LogP contribution is -2.36. The second-order valence-electron chi connectivity index (χ2n) is 5.16. The van der Waals surface area contributed by atoms with Crippen LogP contribution in [0.15, 0.2) is 0 Å². The normalized spacial score (nSPS) is 11.2. The highest BCUT2D eigenvalue weighted by Crippen LogP contribution is 2.15. The number of hydrogen-bond acceptors (Lipinski definition) is 5. The number of rotatable bonds is 5. The Kier molecular flexibility index (Phi) is 5.41. The molecule has 0 bridgehead atoms. The number of nitrogens with one attached hydrogen (secondary N) is 2. The van der Waals surface area contributed by atoms with Gasteiger partial charge in [-0.25, -0.2) is 0 Å². The van der Waals surface area contributed by atoms with E-state index >= 15 is 0 Å². The molecule has 0 fully saturated rings. The summed E-state index contributed by atoms with van der Waals surface area (Å²) < 4.78 is 0. The standard InChI is InChI=1S/C12H20N4O2S/c1-5-9-15-16-11(19-9)14-8(17)6-7-13-10(18)12(2,3)4/h5-7H2,1-4H3,(H,13,18)(H,14,16,17). The number of carbonyl (C=O) groups excluding carboxylic acids is 2. The number of nitrogens with zero attached hydrogens (tertiary/aromatic N) is 2. The van der Waals surface area contributed by atoms with E-state index in [1.165, 1.54) is 11.3 Å². The van der Waals surface area contributed by atoms with E-state index in [-0.39, 0.29) is 18.2 Å². The van der Waals surface area contributed by atoms with Crippen molar-refractivity contribution in [3.05, 3.63) is 5.01 Å². The summed E-state index contributed by atoms with van der Waals surface area (Å²) in [6, 6.07) is 0. The van der Waals surface area contributed by atoms with E-state index in [2.05, 4.69) is 20.8 Å². The van der Waals surface area contributed by atoms with Gasteiger partial charge in [0.2, 0.25) is 16.9 Å². The molecule has 1 aromatic heterocycles. The molecule has 0 unspecified atom stereocenters. The molecule has 7 heteroatoms. The molecule has 0 saturated carbocycles. The zero-order valence-corrected chi connectivity index (χ0v) is 12.6. The van der Waals surface area contributed by atoms with Gasteiger partial charge < -0.3 is 10.6 Å². The first-order valence-corrected chi connectivity index (χ1v) is 7.05. The summed E-state index contributed by atoms with van der Waals surface area (Å²) in [5.74, 6) is -0.238. The Bertz CT molecular complexity index is 451. The molecule has 1 heterocycles. The molecule has 0 radical (unpaired) electrons. The minimum atomic E-state index is -0.439. The van der Waals surface area contributed by atoms with Gasteiger partial charge >= 0.3 is 0 Å². The molecule has 6 nitrogen and oxygen atoms in total. The van der Waals surface area contributed by atoms with E-state index in [1.807, 2.05) is 27.7 Å². The van der Waals surface area contributed by atoms with Gasteiger partial charge in [0.25, 0.3) is 0 Å². The van der Waals surface area contributed by atoms with E-state index in [0.717, 1.165) is 11.4 Å². The maximum absolute atomic E-state index is 11.6. The minimum absolute atomic E-state index is 0.0653. The summed E-state index contributed by atoms with van der Waals surface area (Å²) in [5.41, 5.74) is -0.439. The second kappa shape index (κ2) is 6.60. The number of hydrogen-bond donors (Lipinski definition) is 2. The molecular weight excluding hydrogens is 264 g/mol. The maximum Gasteiger partial charge on any atom is 0.227 e. The number of anilines is 1. The first-order chi connectivity index (χ1) is 8.82. The van der Waals surface area contributed by atoms with Gasteiger partial charge in [-0.15, -0.1) is 10.2 Å². The zero-order valence-electron chi connectivity index (χ0n) is 11.7. The van der Waals surface area contributed by atoms with Crippen molar-refractivity contribution in [3.8, 4) is 0 Å². The Labute approximate surface area is 117 Å². The van der Waals surface area contributed by atoms with Gasteiger partial charge in [0, 0.05) is 18.4 Å². The van der Waals surface area contributed by atoms with Crippen LogP contribution in [0.4, 0.5) is 5.13 Å². The molecule has 2 amide bonds. The highest BCUT2D eigenvalue weighted by molar-refractivity contribution is 7.15. The average molecular weight is 284 g/mol. The number of amides is 2. The fourth-order valence-electron chi connectivity index (χ4n) is 1.18. The largest absolute Gasteiger partial charge is 0.355 e. The summed E-state index contributed by atoms with van der Waals surface area (Å²) in [4.78, 5) is 23.2. The lowest BCUT2D eigenvalue weighted by Gasteiger charge is -2.17.